The molecule has 0 aliphatic carbocycles. The fourth-order valence-electron chi connectivity index (χ4n) is 2.16. The molecule has 0 unspecified atom stereocenters. The van der Waals surface area contributed by atoms with Gasteiger partial charge >= 0.3 is 0 Å². The maximum absolute atomic E-state index is 12.3. The van der Waals surface area contributed by atoms with Crippen LogP contribution in [0.4, 0.5) is 5.82 Å². The molecule has 1 aromatic heterocycles. The summed E-state index contributed by atoms with van der Waals surface area (Å²) in [5, 5.41) is 6.25. The van der Waals surface area contributed by atoms with Gasteiger partial charge in [-0.05, 0) is 38.3 Å². The molecule has 0 spiro atoms. The van der Waals surface area contributed by atoms with Crippen LogP contribution in [0.25, 0.3) is 0 Å². The average Bonchev–Trinajstić information content (AvgIpc) is 2.45. The van der Waals surface area contributed by atoms with Crippen molar-refractivity contribution in [2.24, 2.45) is 0 Å². The van der Waals surface area contributed by atoms with Gasteiger partial charge in [-0.2, -0.15) is 0 Å². The molecule has 19 heavy (non-hydrogen) atoms. The molecular weight excluding hydrogens is 238 g/mol. The standard InChI is InChI=1S/C15H25N3O/c1-5-15(6-2,7-3)18-14(19)12-10-9-11-13(17-12)16-8-4/h9-11H,5-8H2,1-4H3,(H,16,17)(H,18,19). The zero-order chi connectivity index (χ0) is 14.3. The highest BCUT2D eigenvalue weighted by molar-refractivity contribution is 5.93. The van der Waals surface area contributed by atoms with Gasteiger partial charge in [-0.1, -0.05) is 26.8 Å². The fourth-order valence-corrected chi connectivity index (χ4v) is 2.16. The van der Waals surface area contributed by atoms with E-state index < -0.39 is 0 Å². The van der Waals surface area contributed by atoms with Crippen molar-refractivity contribution in [3.05, 3.63) is 23.9 Å². The van der Waals surface area contributed by atoms with Crippen LogP contribution in [0, 0.1) is 0 Å². The van der Waals surface area contributed by atoms with E-state index >= 15 is 0 Å². The second-order valence-electron chi connectivity index (χ2n) is 4.73. The number of nitrogens with zero attached hydrogens (tertiary/aromatic N) is 1. The Kier molecular flexibility index (Phi) is 5.80. The van der Waals surface area contributed by atoms with Gasteiger partial charge in [0, 0.05) is 12.1 Å². The first kappa shape index (κ1) is 15.5. The molecule has 0 bridgehead atoms. The third kappa shape index (κ3) is 3.94. The van der Waals surface area contributed by atoms with Gasteiger partial charge in [0.1, 0.15) is 11.5 Å². The summed E-state index contributed by atoms with van der Waals surface area (Å²) in [6.07, 6.45) is 2.79. The molecule has 1 aromatic rings. The van der Waals surface area contributed by atoms with Crippen LogP contribution in [0.5, 0.6) is 0 Å². The van der Waals surface area contributed by atoms with Crippen molar-refractivity contribution in [3.63, 3.8) is 0 Å². The van der Waals surface area contributed by atoms with Crippen LogP contribution < -0.4 is 10.6 Å². The first-order valence-electron chi connectivity index (χ1n) is 7.14. The molecule has 0 aromatic carbocycles. The first-order valence-corrected chi connectivity index (χ1v) is 7.14. The molecule has 1 rings (SSSR count). The second-order valence-corrected chi connectivity index (χ2v) is 4.73. The van der Waals surface area contributed by atoms with Gasteiger partial charge in [-0.3, -0.25) is 4.79 Å². The number of pyridine rings is 1. The summed E-state index contributed by atoms with van der Waals surface area (Å²) in [5.41, 5.74) is 0.352. The lowest BCUT2D eigenvalue weighted by Crippen LogP contribution is -2.47. The van der Waals surface area contributed by atoms with E-state index in [1.54, 1.807) is 6.07 Å². The van der Waals surface area contributed by atoms with Crippen LogP contribution in [-0.4, -0.2) is 23.0 Å². The summed E-state index contributed by atoms with van der Waals surface area (Å²) in [7, 11) is 0. The van der Waals surface area contributed by atoms with Gasteiger partial charge in [0.15, 0.2) is 0 Å². The molecule has 1 amide bonds. The maximum atomic E-state index is 12.3. The molecule has 0 saturated carbocycles. The lowest BCUT2D eigenvalue weighted by atomic mass is 9.89. The van der Waals surface area contributed by atoms with E-state index in [0.29, 0.717) is 5.69 Å². The van der Waals surface area contributed by atoms with E-state index in [9.17, 15) is 4.79 Å². The van der Waals surface area contributed by atoms with Crippen molar-refractivity contribution in [2.75, 3.05) is 11.9 Å². The summed E-state index contributed by atoms with van der Waals surface area (Å²) < 4.78 is 0. The third-order valence-corrected chi connectivity index (χ3v) is 3.75. The van der Waals surface area contributed by atoms with Crippen LogP contribution in [-0.2, 0) is 0 Å². The molecule has 0 aliphatic rings. The Hall–Kier alpha value is -1.58. The minimum absolute atomic E-state index is 0.0923. The monoisotopic (exact) mass is 263 g/mol. The Bertz CT molecular complexity index is 405. The lowest BCUT2D eigenvalue weighted by molar-refractivity contribution is 0.0883. The van der Waals surface area contributed by atoms with Crippen LogP contribution in [0.2, 0.25) is 0 Å². The maximum Gasteiger partial charge on any atom is 0.270 e. The Morgan fingerprint density at radius 3 is 2.32 bits per heavy atom. The molecule has 0 atom stereocenters. The predicted molar refractivity (Wildman–Crippen MR) is 79.5 cm³/mol. The number of anilines is 1. The average molecular weight is 263 g/mol. The van der Waals surface area contributed by atoms with Crippen molar-refractivity contribution in [1.29, 1.82) is 0 Å². The molecule has 2 N–H and O–H groups in total. The van der Waals surface area contributed by atoms with Crippen molar-refractivity contribution >= 4 is 11.7 Å². The summed E-state index contributed by atoms with van der Waals surface area (Å²) in [6, 6.07) is 5.47. The number of carbonyl (C=O) groups is 1. The van der Waals surface area contributed by atoms with Gasteiger partial charge in [0.25, 0.3) is 5.91 Å². The minimum Gasteiger partial charge on any atom is -0.370 e. The highest BCUT2D eigenvalue weighted by atomic mass is 16.2. The molecule has 4 nitrogen and oxygen atoms in total. The number of nitrogens with one attached hydrogen (secondary N) is 2. The summed E-state index contributed by atoms with van der Waals surface area (Å²) in [6.45, 7) is 9.12. The number of aromatic nitrogens is 1. The number of hydrogen-bond donors (Lipinski definition) is 2. The van der Waals surface area contributed by atoms with E-state index in [2.05, 4.69) is 36.4 Å². The first-order chi connectivity index (χ1) is 9.10. The molecular formula is C15H25N3O. The van der Waals surface area contributed by atoms with E-state index in [-0.39, 0.29) is 11.4 Å². The highest BCUT2D eigenvalue weighted by Gasteiger charge is 2.26. The molecule has 0 radical (unpaired) electrons. The Labute approximate surface area is 116 Å². The van der Waals surface area contributed by atoms with Gasteiger partial charge < -0.3 is 10.6 Å². The number of amides is 1. The summed E-state index contributed by atoms with van der Waals surface area (Å²) in [4.78, 5) is 16.6. The molecule has 0 saturated heterocycles. The van der Waals surface area contributed by atoms with E-state index in [4.69, 9.17) is 0 Å². The lowest BCUT2D eigenvalue weighted by Gasteiger charge is -2.31. The molecule has 0 aliphatic heterocycles. The zero-order valence-corrected chi connectivity index (χ0v) is 12.4. The minimum atomic E-state index is -0.118. The van der Waals surface area contributed by atoms with Gasteiger partial charge in [-0.15, -0.1) is 0 Å². The Morgan fingerprint density at radius 2 is 1.79 bits per heavy atom. The smallest absolute Gasteiger partial charge is 0.270 e. The molecule has 4 heteroatoms. The van der Waals surface area contributed by atoms with Crippen LogP contribution in [0.15, 0.2) is 18.2 Å². The highest BCUT2D eigenvalue weighted by Crippen LogP contribution is 2.20. The topological polar surface area (TPSA) is 54.0 Å². The van der Waals surface area contributed by atoms with E-state index in [1.165, 1.54) is 0 Å². The normalized spacial score (nSPS) is 11.2. The van der Waals surface area contributed by atoms with E-state index in [0.717, 1.165) is 31.6 Å². The van der Waals surface area contributed by atoms with Gasteiger partial charge in [-0.25, -0.2) is 4.98 Å². The number of rotatable bonds is 7. The second kappa shape index (κ2) is 7.12. The van der Waals surface area contributed by atoms with Crippen molar-refractivity contribution in [2.45, 2.75) is 52.5 Å². The van der Waals surface area contributed by atoms with Crippen molar-refractivity contribution in [3.8, 4) is 0 Å². The van der Waals surface area contributed by atoms with Crippen LogP contribution in [0.1, 0.15) is 57.4 Å². The SMILES string of the molecule is CCNc1cccc(C(=O)NC(CC)(CC)CC)n1. The third-order valence-electron chi connectivity index (χ3n) is 3.75. The zero-order valence-electron chi connectivity index (χ0n) is 12.4. The van der Waals surface area contributed by atoms with Crippen molar-refractivity contribution in [1.82, 2.24) is 10.3 Å². The van der Waals surface area contributed by atoms with Gasteiger partial charge in [0.05, 0.1) is 0 Å². The van der Waals surface area contributed by atoms with E-state index in [1.807, 2.05) is 19.1 Å². The number of hydrogen-bond acceptors (Lipinski definition) is 3. The van der Waals surface area contributed by atoms with Crippen molar-refractivity contribution < 1.29 is 4.79 Å². The van der Waals surface area contributed by atoms with Crippen LogP contribution in [0.3, 0.4) is 0 Å². The largest absolute Gasteiger partial charge is 0.370 e. The quantitative estimate of drug-likeness (QED) is 0.794. The summed E-state index contributed by atoms with van der Waals surface area (Å²) in [5.74, 6) is 0.649. The summed E-state index contributed by atoms with van der Waals surface area (Å²) >= 11 is 0. The molecule has 106 valence electrons. The predicted octanol–water partition coefficient (Wildman–Crippen LogP) is 3.21. The molecule has 1 heterocycles. The Balaban J connectivity index is 2.85. The van der Waals surface area contributed by atoms with Crippen LogP contribution >= 0.6 is 0 Å². The Morgan fingerprint density at radius 1 is 1.16 bits per heavy atom. The fraction of sp³-hybridized carbons (Fsp3) is 0.600. The van der Waals surface area contributed by atoms with Gasteiger partial charge in [0.2, 0.25) is 0 Å². The number of carbonyl (C=O) groups excluding carboxylic acids is 1. The molecule has 0 fully saturated rings.